The average molecular weight is 412 g/mol. The molecule has 0 N–H and O–H groups in total. The van der Waals surface area contributed by atoms with Crippen molar-refractivity contribution in [1.29, 1.82) is 0 Å². The first kappa shape index (κ1) is 20.9. The summed E-state index contributed by atoms with van der Waals surface area (Å²) in [5.41, 5.74) is 6.12. The van der Waals surface area contributed by atoms with E-state index in [1.54, 1.807) is 0 Å². The molecule has 4 aromatic rings. The highest BCUT2D eigenvalue weighted by Crippen LogP contribution is 2.23. The van der Waals surface area contributed by atoms with Crippen LogP contribution >= 0.6 is 0 Å². The second-order valence-electron chi connectivity index (χ2n) is 8.07. The number of aryl methyl sites for hydroxylation is 2. The number of imidazole rings is 1. The molecule has 1 heterocycles. The van der Waals surface area contributed by atoms with Crippen LogP contribution in [0.5, 0.6) is 0 Å². The predicted octanol–water partition coefficient (Wildman–Crippen LogP) is 6.08. The minimum atomic E-state index is 0.0585. The Kier molecular flexibility index (Phi) is 6.17. The number of amides is 1. The maximum absolute atomic E-state index is 13.5. The van der Waals surface area contributed by atoms with Gasteiger partial charge in [-0.3, -0.25) is 9.36 Å². The van der Waals surface area contributed by atoms with Crippen LogP contribution in [0.15, 0.2) is 72.8 Å². The van der Waals surface area contributed by atoms with Crippen molar-refractivity contribution in [1.82, 2.24) is 14.5 Å². The molecule has 0 saturated carbocycles. The molecule has 0 fully saturated rings. The zero-order valence-corrected chi connectivity index (χ0v) is 18.5. The third-order valence-electron chi connectivity index (χ3n) is 5.80. The second kappa shape index (κ2) is 9.17. The fourth-order valence-electron chi connectivity index (χ4n) is 3.88. The number of hydrogen-bond donors (Lipinski definition) is 0. The number of aromatic nitrogens is 2. The summed E-state index contributed by atoms with van der Waals surface area (Å²) in [4.78, 5) is 20.3. The second-order valence-corrected chi connectivity index (χ2v) is 8.07. The zero-order valence-electron chi connectivity index (χ0n) is 18.5. The van der Waals surface area contributed by atoms with Crippen LogP contribution in [0.2, 0.25) is 0 Å². The van der Waals surface area contributed by atoms with Gasteiger partial charge >= 0.3 is 0 Å². The molecule has 3 aromatic carbocycles. The molecule has 0 bridgehead atoms. The first-order valence-electron chi connectivity index (χ1n) is 11.0. The van der Waals surface area contributed by atoms with Gasteiger partial charge in [0.2, 0.25) is 0 Å². The van der Waals surface area contributed by atoms with Crippen LogP contribution in [-0.2, 0) is 6.54 Å². The van der Waals surface area contributed by atoms with Gasteiger partial charge in [0.1, 0.15) is 5.82 Å². The highest BCUT2D eigenvalue weighted by Gasteiger charge is 2.20. The summed E-state index contributed by atoms with van der Waals surface area (Å²) in [5.74, 6) is 0.934. The van der Waals surface area contributed by atoms with Crippen molar-refractivity contribution in [3.05, 3.63) is 95.3 Å². The Hall–Kier alpha value is -3.40. The number of nitrogens with zero attached hydrogens (tertiary/aromatic N) is 3. The fourth-order valence-corrected chi connectivity index (χ4v) is 3.88. The smallest absolute Gasteiger partial charge is 0.254 e. The van der Waals surface area contributed by atoms with Crippen molar-refractivity contribution in [3.8, 4) is 5.69 Å². The van der Waals surface area contributed by atoms with E-state index in [2.05, 4.69) is 43.5 Å². The first-order valence-corrected chi connectivity index (χ1v) is 11.0. The average Bonchev–Trinajstić information content (AvgIpc) is 3.16. The molecule has 31 heavy (non-hydrogen) atoms. The summed E-state index contributed by atoms with van der Waals surface area (Å²) in [6.07, 6.45) is 1.99. The number of rotatable bonds is 7. The van der Waals surface area contributed by atoms with Crippen LogP contribution in [0.1, 0.15) is 47.1 Å². The lowest BCUT2D eigenvalue weighted by Gasteiger charge is -2.23. The summed E-state index contributed by atoms with van der Waals surface area (Å²) in [7, 11) is 0. The lowest BCUT2D eigenvalue weighted by molar-refractivity contribution is 0.0736. The van der Waals surface area contributed by atoms with Crippen molar-refractivity contribution in [2.75, 3.05) is 6.54 Å². The third kappa shape index (κ3) is 4.38. The SMILES string of the molecule is CCCCN(Cc1nc2ccccc2n1-c1ccccc1)C(=O)c1ccc(C)c(C)c1. The van der Waals surface area contributed by atoms with E-state index in [0.717, 1.165) is 46.5 Å². The van der Waals surface area contributed by atoms with E-state index in [9.17, 15) is 4.79 Å². The molecule has 0 unspecified atom stereocenters. The highest BCUT2D eigenvalue weighted by atomic mass is 16.2. The molecule has 158 valence electrons. The van der Waals surface area contributed by atoms with Gasteiger partial charge in [-0.05, 0) is 67.8 Å². The van der Waals surface area contributed by atoms with Crippen molar-refractivity contribution >= 4 is 16.9 Å². The van der Waals surface area contributed by atoms with Gasteiger partial charge in [0.15, 0.2) is 0 Å². The summed E-state index contributed by atoms with van der Waals surface area (Å²) in [5, 5.41) is 0. The van der Waals surface area contributed by atoms with Crippen LogP contribution in [0.25, 0.3) is 16.7 Å². The summed E-state index contributed by atoms with van der Waals surface area (Å²) in [6.45, 7) is 7.45. The molecule has 0 atom stereocenters. The molecule has 0 radical (unpaired) electrons. The van der Waals surface area contributed by atoms with Gasteiger partial charge in [0.05, 0.1) is 17.6 Å². The van der Waals surface area contributed by atoms with Gasteiger partial charge in [-0.15, -0.1) is 0 Å². The van der Waals surface area contributed by atoms with E-state index < -0.39 is 0 Å². The van der Waals surface area contributed by atoms with Crippen molar-refractivity contribution in [2.45, 2.75) is 40.2 Å². The third-order valence-corrected chi connectivity index (χ3v) is 5.80. The Balaban J connectivity index is 1.75. The fraction of sp³-hybridized carbons (Fsp3) is 0.259. The normalized spacial score (nSPS) is 11.1. The van der Waals surface area contributed by atoms with E-state index in [-0.39, 0.29) is 5.91 Å². The lowest BCUT2D eigenvalue weighted by atomic mass is 10.1. The van der Waals surface area contributed by atoms with Gasteiger partial charge in [-0.25, -0.2) is 4.98 Å². The van der Waals surface area contributed by atoms with E-state index in [1.165, 1.54) is 5.56 Å². The summed E-state index contributed by atoms with van der Waals surface area (Å²) >= 11 is 0. The molecule has 4 heteroatoms. The number of carbonyl (C=O) groups excluding carboxylic acids is 1. The predicted molar refractivity (Wildman–Crippen MR) is 127 cm³/mol. The quantitative estimate of drug-likeness (QED) is 0.369. The molecule has 0 aliphatic heterocycles. The van der Waals surface area contributed by atoms with Crippen molar-refractivity contribution in [3.63, 3.8) is 0 Å². The van der Waals surface area contributed by atoms with Gasteiger partial charge in [-0.1, -0.05) is 49.7 Å². The van der Waals surface area contributed by atoms with Gasteiger partial charge in [0, 0.05) is 17.8 Å². The monoisotopic (exact) mass is 411 g/mol. The minimum Gasteiger partial charge on any atom is -0.331 e. The maximum atomic E-state index is 13.5. The van der Waals surface area contributed by atoms with Crippen LogP contribution in [0, 0.1) is 13.8 Å². The number of benzene rings is 3. The number of para-hydroxylation sites is 3. The topological polar surface area (TPSA) is 38.1 Å². The van der Waals surface area contributed by atoms with Crippen LogP contribution in [0.3, 0.4) is 0 Å². The Labute approximate surface area is 184 Å². The van der Waals surface area contributed by atoms with E-state index >= 15 is 0 Å². The van der Waals surface area contributed by atoms with Crippen molar-refractivity contribution in [2.24, 2.45) is 0 Å². The minimum absolute atomic E-state index is 0.0585. The summed E-state index contributed by atoms with van der Waals surface area (Å²) in [6, 6.07) is 24.3. The zero-order chi connectivity index (χ0) is 21.8. The van der Waals surface area contributed by atoms with Crippen LogP contribution in [-0.4, -0.2) is 26.9 Å². The highest BCUT2D eigenvalue weighted by molar-refractivity contribution is 5.94. The largest absolute Gasteiger partial charge is 0.331 e. The van der Waals surface area contributed by atoms with Crippen LogP contribution < -0.4 is 0 Å². The van der Waals surface area contributed by atoms with E-state index in [0.29, 0.717) is 13.1 Å². The molecule has 0 aliphatic rings. The molecule has 0 aliphatic carbocycles. The molecular weight excluding hydrogens is 382 g/mol. The van der Waals surface area contributed by atoms with Gasteiger partial charge in [0.25, 0.3) is 5.91 Å². The summed E-state index contributed by atoms with van der Waals surface area (Å²) < 4.78 is 2.17. The number of unbranched alkanes of at least 4 members (excludes halogenated alkanes) is 1. The van der Waals surface area contributed by atoms with Gasteiger partial charge < -0.3 is 4.90 Å². The lowest BCUT2D eigenvalue weighted by Crippen LogP contribution is -2.32. The van der Waals surface area contributed by atoms with Crippen molar-refractivity contribution < 1.29 is 4.79 Å². The number of hydrogen-bond acceptors (Lipinski definition) is 2. The number of fused-ring (bicyclic) bond motifs is 1. The van der Waals surface area contributed by atoms with E-state index in [4.69, 9.17) is 4.98 Å². The molecular formula is C27H29N3O. The Morgan fingerprint density at radius 3 is 2.42 bits per heavy atom. The Morgan fingerprint density at radius 2 is 1.68 bits per heavy atom. The maximum Gasteiger partial charge on any atom is 0.254 e. The molecule has 1 amide bonds. The Bertz CT molecular complexity index is 1190. The van der Waals surface area contributed by atoms with E-state index in [1.807, 2.05) is 59.5 Å². The van der Waals surface area contributed by atoms with Gasteiger partial charge in [-0.2, -0.15) is 0 Å². The molecule has 0 spiro atoms. The Morgan fingerprint density at radius 1 is 0.935 bits per heavy atom. The molecule has 0 saturated heterocycles. The molecule has 4 rings (SSSR count). The first-order chi connectivity index (χ1) is 15.1. The molecule has 1 aromatic heterocycles. The van der Waals surface area contributed by atoms with Crippen LogP contribution in [0.4, 0.5) is 0 Å². The number of carbonyl (C=O) groups is 1. The molecule has 4 nitrogen and oxygen atoms in total. The standard InChI is InChI=1S/C27H29N3O/c1-4-5-17-29(27(31)22-16-15-20(2)21(3)18-22)19-26-28-24-13-9-10-14-25(24)30(26)23-11-7-6-8-12-23/h6-16,18H,4-5,17,19H2,1-3H3.